The number of dihydropyridines is 1. The quantitative estimate of drug-likeness (QED) is 0.382. The SMILES string of the molecule is CC(=O)C1=C(C)NC(SCC(=O)c2cccc([N+](=O)[O-])c2)=C(C#N)[C@H]1c1cccs1. The average molecular weight is 440 g/mol. The third-order valence-electron chi connectivity index (χ3n) is 4.58. The predicted octanol–water partition coefficient (Wildman–Crippen LogP) is 4.56. The van der Waals surface area contributed by atoms with Crippen LogP contribution in [0.25, 0.3) is 0 Å². The zero-order chi connectivity index (χ0) is 21.8. The second kappa shape index (κ2) is 9.07. The molecule has 7 nitrogen and oxygen atoms in total. The number of thiophene rings is 1. The number of nitro benzene ring substituents is 1. The van der Waals surface area contributed by atoms with Crippen molar-refractivity contribution in [1.82, 2.24) is 5.32 Å². The van der Waals surface area contributed by atoms with Gasteiger partial charge in [-0.15, -0.1) is 11.3 Å². The van der Waals surface area contributed by atoms with Crippen molar-refractivity contribution in [2.45, 2.75) is 19.8 Å². The van der Waals surface area contributed by atoms with Crippen LogP contribution in [0.4, 0.5) is 5.69 Å². The van der Waals surface area contributed by atoms with E-state index in [1.165, 1.54) is 42.5 Å². The van der Waals surface area contributed by atoms with Gasteiger partial charge >= 0.3 is 0 Å². The van der Waals surface area contributed by atoms with Crippen molar-refractivity contribution in [3.05, 3.63) is 84.2 Å². The summed E-state index contributed by atoms with van der Waals surface area (Å²) in [7, 11) is 0. The van der Waals surface area contributed by atoms with Gasteiger partial charge in [-0.25, -0.2) is 0 Å². The summed E-state index contributed by atoms with van der Waals surface area (Å²) < 4.78 is 0. The van der Waals surface area contributed by atoms with E-state index in [9.17, 15) is 25.0 Å². The number of rotatable bonds is 7. The molecule has 1 N–H and O–H groups in total. The van der Waals surface area contributed by atoms with Gasteiger partial charge in [-0.2, -0.15) is 5.26 Å². The van der Waals surface area contributed by atoms with Crippen molar-refractivity contribution in [3.63, 3.8) is 0 Å². The first-order chi connectivity index (χ1) is 14.3. The van der Waals surface area contributed by atoms with Gasteiger partial charge in [0.2, 0.25) is 0 Å². The lowest BCUT2D eigenvalue weighted by molar-refractivity contribution is -0.384. The molecular weight excluding hydrogens is 422 g/mol. The predicted molar refractivity (Wildman–Crippen MR) is 116 cm³/mol. The number of benzene rings is 1. The summed E-state index contributed by atoms with van der Waals surface area (Å²) in [6.07, 6.45) is 0. The third-order valence-corrected chi connectivity index (χ3v) is 6.54. The van der Waals surface area contributed by atoms with Gasteiger partial charge in [0.25, 0.3) is 5.69 Å². The Labute approximate surface area is 181 Å². The number of hydrogen-bond acceptors (Lipinski definition) is 8. The highest BCUT2D eigenvalue weighted by Crippen LogP contribution is 2.42. The Hall–Kier alpha value is -3.22. The van der Waals surface area contributed by atoms with E-state index in [2.05, 4.69) is 11.4 Å². The number of ketones is 2. The maximum atomic E-state index is 12.6. The molecule has 0 fully saturated rings. The lowest BCUT2D eigenvalue weighted by atomic mass is 9.85. The Morgan fingerprint density at radius 1 is 1.33 bits per heavy atom. The molecule has 1 atom stereocenters. The van der Waals surface area contributed by atoms with Crippen LogP contribution in [0, 0.1) is 21.4 Å². The Bertz CT molecular complexity index is 1130. The van der Waals surface area contributed by atoms with Gasteiger partial charge < -0.3 is 5.32 Å². The molecule has 2 heterocycles. The molecule has 1 aliphatic rings. The molecule has 1 aromatic carbocycles. The number of carbonyl (C=O) groups excluding carboxylic acids is 2. The van der Waals surface area contributed by atoms with Crippen LogP contribution < -0.4 is 5.32 Å². The number of allylic oxidation sites excluding steroid dienone is 3. The Morgan fingerprint density at radius 3 is 2.70 bits per heavy atom. The van der Waals surface area contributed by atoms with Crippen molar-refractivity contribution in [2.75, 3.05) is 5.75 Å². The van der Waals surface area contributed by atoms with Crippen molar-refractivity contribution in [3.8, 4) is 6.07 Å². The summed E-state index contributed by atoms with van der Waals surface area (Å²) in [4.78, 5) is 36.1. The fraction of sp³-hybridized carbons (Fsp3) is 0.190. The summed E-state index contributed by atoms with van der Waals surface area (Å²) in [5.74, 6) is -0.900. The molecule has 2 aromatic rings. The van der Waals surface area contributed by atoms with Crippen molar-refractivity contribution < 1.29 is 14.5 Å². The maximum Gasteiger partial charge on any atom is 0.270 e. The molecule has 0 saturated carbocycles. The second-order valence-electron chi connectivity index (χ2n) is 6.54. The lowest BCUT2D eigenvalue weighted by Crippen LogP contribution is -2.27. The molecule has 0 aliphatic carbocycles. The largest absolute Gasteiger partial charge is 0.353 e. The molecule has 3 rings (SSSR count). The molecular formula is C21H17N3O4S2. The normalized spacial score (nSPS) is 16.1. The fourth-order valence-electron chi connectivity index (χ4n) is 3.25. The van der Waals surface area contributed by atoms with E-state index < -0.39 is 10.8 Å². The van der Waals surface area contributed by atoms with E-state index in [1.807, 2.05) is 17.5 Å². The molecule has 30 heavy (non-hydrogen) atoms. The summed E-state index contributed by atoms with van der Waals surface area (Å²) in [5.41, 5.74) is 1.64. The van der Waals surface area contributed by atoms with Crippen LogP contribution in [0.3, 0.4) is 0 Å². The van der Waals surface area contributed by atoms with Gasteiger partial charge in [0, 0.05) is 33.8 Å². The van der Waals surface area contributed by atoms with Gasteiger partial charge in [-0.05, 0) is 25.3 Å². The van der Waals surface area contributed by atoms with Crippen LogP contribution in [0.5, 0.6) is 0 Å². The first-order valence-corrected chi connectivity index (χ1v) is 10.8. The number of carbonyl (C=O) groups is 2. The van der Waals surface area contributed by atoms with E-state index in [1.54, 1.807) is 6.92 Å². The number of thioether (sulfide) groups is 1. The maximum absolute atomic E-state index is 12.6. The standard InChI is InChI=1S/C21H17N3O4S2/c1-12-19(13(2)25)20(18-7-4-8-29-18)16(10-22)21(23-12)30-11-17(26)14-5-3-6-15(9-14)24(27)28/h3-9,20,23H,11H2,1-2H3/t20-/m0/s1. The number of non-ortho nitro benzene ring substituents is 1. The second-order valence-corrected chi connectivity index (χ2v) is 8.51. The smallest absolute Gasteiger partial charge is 0.270 e. The number of nitrogens with one attached hydrogen (secondary N) is 1. The van der Waals surface area contributed by atoms with Gasteiger partial charge in [0.05, 0.1) is 33.3 Å². The molecule has 152 valence electrons. The highest BCUT2D eigenvalue weighted by Gasteiger charge is 2.33. The summed E-state index contributed by atoms with van der Waals surface area (Å²) in [6.45, 7) is 3.24. The molecule has 0 saturated heterocycles. The van der Waals surface area contributed by atoms with Crippen molar-refractivity contribution in [2.24, 2.45) is 0 Å². The molecule has 0 spiro atoms. The van der Waals surface area contributed by atoms with Gasteiger partial charge in [0.15, 0.2) is 11.6 Å². The molecule has 0 unspecified atom stereocenters. The summed E-state index contributed by atoms with van der Waals surface area (Å²) in [5, 5.41) is 26.3. The van der Waals surface area contributed by atoms with E-state index in [0.717, 1.165) is 16.6 Å². The lowest BCUT2D eigenvalue weighted by Gasteiger charge is -2.28. The van der Waals surface area contributed by atoms with Gasteiger partial charge in [0.1, 0.15) is 0 Å². The minimum atomic E-state index is -0.550. The number of hydrogen-bond donors (Lipinski definition) is 1. The monoisotopic (exact) mass is 439 g/mol. The van der Waals surface area contributed by atoms with E-state index in [0.29, 0.717) is 21.9 Å². The van der Waals surface area contributed by atoms with Crippen molar-refractivity contribution in [1.29, 1.82) is 5.26 Å². The molecule has 0 radical (unpaired) electrons. The Morgan fingerprint density at radius 2 is 2.10 bits per heavy atom. The highest BCUT2D eigenvalue weighted by atomic mass is 32.2. The number of nitrogens with zero attached hydrogens (tertiary/aromatic N) is 2. The van der Waals surface area contributed by atoms with Crippen LogP contribution >= 0.6 is 23.1 Å². The molecule has 0 bridgehead atoms. The number of nitriles is 1. The van der Waals surface area contributed by atoms with Crippen LogP contribution in [-0.2, 0) is 4.79 Å². The zero-order valence-electron chi connectivity index (χ0n) is 16.2. The van der Waals surface area contributed by atoms with Crippen molar-refractivity contribution >= 4 is 40.4 Å². The average Bonchev–Trinajstić information content (AvgIpc) is 3.25. The van der Waals surface area contributed by atoms with E-state index >= 15 is 0 Å². The molecule has 9 heteroatoms. The van der Waals surface area contributed by atoms with Crippen LogP contribution in [-0.4, -0.2) is 22.2 Å². The van der Waals surface area contributed by atoms with Crippen LogP contribution in [0.2, 0.25) is 0 Å². The molecule has 1 aromatic heterocycles. The number of nitro groups is 1. The minimum Gasteiger partial charge on any atom is -0.353 e. The van der Waals surface area contributed by atoms with Crippen LogP contribution in [0.15, 0.2) is 63.7 Å². The fourth-order valence-corrected chi connectivity index (χ4v) is 5.08. The highest BCUT2D eigenvalue weighted by molar-refractivity contribution is 8.03. The zero-order valence-corrected chi connectivity index (χ0v) is 17.8. The first-order valence-electron chi connectivity index (χ1n) is 8.90. The molecule has 0 amide bonds. The van der Waals surface area contributed by atoms with E-state index in [-0.39, 0.29) is 28.6 Å². The topological polar surface area (TPSA) is 113 Å². The first kappa shape index (κ1) is 21.5. The summed E-state index contributed by atoms with van der Waals surface area (Å²) in [6, 6.07) is 11.5. The Kier molecular flexibility index (Phi) is 6.50. The third kappa shape index (κ3) is 4.35. The summed E-state index contributed by atoms with van der Waals surface area (Å²) >= 11 is 2.61. The Balaban J connectivity index is 1.89. The number of Topliss-reactive ketones (excluding diaryl/α,β-unsaturated/α-hetero) is 2. The van der Waals surface area contributed by atoms with Gasteiger partial charge in [-0.3, -0.25) is 19.7 Å². The minimum absolute atomic E-state index is 0.00543. The van der Waals surface area contributed by atoms with Crippen LogP contribution in [0.1, 0.15) is 35.0 Å². The molecule has 1 aliphatic heterocycles. The van der Waals surface area contributed by atoms with E-state index in [4.69, 9.17) is 0 Å². The van der Waals surface area contributed by atoms with Gasteiger partial charge in [-0.1, -0.05) is 30.0 Å².